The van der Waals surface area contributed by atoms with E-state index in [9.17, 15) is 4.79 Å². The van der Waals surface area contributed by atoms with Gasteiger partial charge < -0.3 is 14.8 Å². The fourth-order valence-corrected chi connectivity index (χ4v) is 2.62. The topological polar surface area (TPSA) is 60.5 Å². The maximum absolute atomic E-state index is 11.4. The van der Waals surface area contributed by atoms with Crippen molar-refractivity contribution >= 4 is 17.5 Å². The quantitative estimate of drug-likeness (QED) is 0.863. The van der Waals surface area contributed by atoms with Crippen molar-refractivity contribution < 1.29 is 14.3 Å². The number of fused-ring (bicyclic) bond motifs is 1. The number of aryl methyl sites for hydroxylation is 1. The number of nitrogens with one attached hydrogen (secondary N) is 1. The van der Waals surface area contributed by atoms with E-state index in [1.165, 1.54) is 6.08 Å². The van der Waals surface area contributed by atoms with Crippen LogP contribution in [0.4, 0.5) is 0 Å². The zero-order valence-electron chi connectivity index (χ0n) is 13.2. The Bertz CT molecular complexity index is 792. The van der Waals surface area contributed by atoms with E-state index in [0.29, 0.717) is 41.1 Å². The average molecular weight is 345 g/mol. The van der Waals surface area contributed by atoms with Crippen molar-refractivity contribution in [2.45, 2.75) is 19.4 Å². The number of carbonyl (C=O) groups is 1. The number of amides is 1. The second-order valence-electron chi connectivity index (χ2n) is 5.49. The van der Waals surface area contributed by atoms with Crippen LogP contribution in [0, 0.1) is 6.92 Å². The number of hydrogen-bond acceptors (Lipinski definition) is 4. The van der Waals surface area contributed by atoms with Gasteiger partial charge in [0.25, 0.3) is 0 Å². The minimum Gasteiger partial charge on any atom is -0.487 e. The molecule has 1 unspecified atom stereocenters. The Morgan fingerprint density at radius 3 is 3.04 bits per heavy atom. The summed E-state index contributed by atoms with van der Waals surface area (Å²) >= 11 is 5.98. The first-order chi connectivity index (χ1) is 11.6. The van der Waals surface area contributed by atoms with Gasteiger partial charge in [0.2, 0.25) is 11.8 Å². The zero-order chi connectivity index (χ0) is 17.1. The average Bonchev–Trinajstić information content (AvgIpc) is 2.58. The van der Waals surface area contributed by atoms with Gasteiger partial charge in [0.05, 0.1) is 16.8 Å². The van der Waals surface area contributed by atoms with Gasteiger partial charge in [-0.05, 0) is 31.6 Å². The minimum atomic E-state index is -0.208. The van der Waals surface area contributed by atoms with E-state index in [4.69, 9.17) is 21.1 Å². The summed E-state index contributed by atoms with van der Waals surface area (Å²) in [7, 11) is 0. The summed E-state index contributed by atoms with van der Waals surface area (Å²) in [5.74, 6) is 1.52. The van der Waals surface area contributed by atoms with E-state index in [0.717, 1.165) is 5.56 Å². The Hall–Kier alpha value is -2.53. The van der Waals surface area contributed by atoms with Gasteiger partial charge in [0.1, 0.15) is 6.61 Å². The van der Waals surface area contributed by atoms with E-state index in [1.54, 1.807) is 12.1 Å². The molecule has 3 rings (SSSR count). The molecule has 1 aliphatic rings. The highest BCUT2D eigenvalue weighted by atomic mass is 35.5. The van der Waals surface area contributed by atoms with Crippen LogP contribution < -0.4 is 14.8 Å². The van der Waals surface area contributed by atoms with Gasteiger partial charge in [-0.2, -0.15) is 0 Å². The lowest BCUT2D eigenvalue weighted by Gasteiger charge is -2.27. The lowest BCUT2D eigenvalue weighted by atomic mass is 10.0. The molecule has 0 saturated carbocycles. The molecule has 2 heterocycles. The molecular weight excluding hydrogens is 328 g/mol. The Morgan fingerprint density at radius 2 is 2.29 bits per heavy atom. The molecule has 0 saturated heterocycles. The standard InChI is InChI=1S/C18H17ClN2O3/c1-3-16(22)21-13-9-12-5-4-6-15(18(12)23-10-13)24-17-8-7-14(19)11(2)20-17/h3-8,13H,1,9-10H2,2H3,(H,21,22). The molecule has 1 N–H and O–H groups in total. The predicted octanol–water partition coefficient (Wildman–Crippen LogP) is 3.44. The number of hydrogen-bond donors (Lipinski definition) is 1. The molecule has 1 atom stereocenters. The third-order valence-electron chi connectivity index (χ3n) is 3.70. The van der Waals surface area contributed by atoms with Gasteiger partial charge in [-0.15, -0.1) is 0 Å². The molecule has 2 aromatic rings. The second-order valence-corrected chi connectivity index (χ2v) is 5.90. The van der Waals surface area contributed by atoms with Crippen LogP contribution in [-0.2, 0) is 11.2 Å². The zero-order valence-corrected chi connectivity index (χ0v) is 14.0. The molecule has 0 aliphatic carbocycles. The Labute approximate surface area is 145 Å². The van der Waals surface area contributed by atoms with E-state index < -0.39 is 0 Å². The summed E-state index contributed by atoms with van der Waals surface area (Å²) < 4.78 is 11.7. The number of ether oxygens (including phenoxy) is 2. The predicted molar refractivity (Wildman–Crippen MR) is 91.8 cm³/mol. The van der Waals surface area contributed by atoms with Crippen molar-refractivity contribution in [3.8, 4) is 17.4 Å². The molecule has 5 nitrogen and oxygen atoms in total. The van der Waals surface area contributed by atoms with Gasteiger partial charge in [-0.25, -0.2) is 4.98 Å². The number of benzene rings is 1. The summed E-state index contributed by atoms with van der Waals surface area (Å²) in [5.41, 5.74) is 1.67. The van der Waals surface area contributed by atoms with Crippen molar-refractivity contribution in [1.29, 1.82) is 0 Å². The van der Waals surface area contributed by atoms with Crippen molar-refractivity contribution in [3.05, 3.63) is 59.3 Å². The number of pyridine rings is 1. The highest BCUT2D eigenvalue weighted by molar-refractivity contribution is 6.31. The van der Waals surface area contributed by atoms with Crippen LogP contribution in [0.2, 0.25) is 5.02 Å². The molecular formula is C18H17ClN2O3. The first-order valence-corrected chi connectivity index (χ1v) is 7.93. The normalized spacial score (nSPS) is 15.8. The van der Waals surface area contributed by atoms with Crippen molar-refractivity contribution in [2.75, 3.05) is 6.61 Å². The first kappa shape index (κ1) is 16.3. The molecule has 1 aliphatic heterocycles. The van der Waals surface area contributed by atoms with E-state index in [2.05, 4.69) is 16.9 Å². The van der Waals surface area contributed by atoms with Crippen LogP contribution in [0.1, 0.15) is 11.3 Å². The number of aromatic nitrogens is 1. The monoisotopic (exact) mass is 344 g/mol. The number of rotatable bonds is 4. The van der Waals surface area contributed by atoms with Gasteiger partial charge in [-0.1, -0.05) is 30.3 Å². The van der Waals surface area contributed by atoms with Crippen LogP contribution in [0.5, 0.6) is 17.4 Å². The van der Waals surface area contributed by atoms with Gasteiger partial charge in [-0.3, -0.25) is 4.79 Å². The van der Waals surface area contributed by atoms with E-state index >= 15 is 0 Å². The third-order valence-corrected chi connectivity index (χ3v) is 4.10. The number of carbonyl (C=O) groups excluding carboxylic acids is 1. The SMILES string of the molecule is C=CC(=O)NC1COc2c(cccc2Oc2ccc(Cl)c(C)n2)C1. The molecule has 0 bridgehead atoms. The number of nitrogens with zero attached hydrogens (tertiary/aromatic N) is 1. The maximum Gasteiger partial charge on any atom is 0.243 e. The van der Waals surface area contributed by atoms with Crippen LogP contribution in [0.25, 0.3) is 0 Å². The highest BCUT2D eigenvalue weighted by Gasteiger charge is 2.24. The third kappa shape index (κ3) is 3.51. The molecule has 1 aromatic heterocycles. The van der Waals surface area contributed by atoms with Crippen molar-refractivity contribution in [2.24, 2.45) is 0 Å². The minimum absolute atomic E-state index is 0.0887. The Kier molecular flexibility index (Phi) is 4.71. The van der Waals surface area contributed by atoms with Crippen molar-refractivity contribution in [3.63, 3.8) is 0 Å². The highest BCUT2D eigenvalue weighted by Crippen LogP contribution is 2.37. The molecule has 124 valence electrons. The van der Waals surface area contributed by atoms with Crippen LogP contribution in [-0.4, -0.2) is 23.5 Å². The molecule has 0 radical (unpaired) electrons. The van der Waals surface area contributed by atoms with Crippen LogP contribution in [0.15, 0.2) is 43.0 Å². The lowest BCUT2D eigenvalue weighted by molar-refractivity contribution is -0.117. The van der Waals surface area contributed by atoms with E-state index in [1.807, 2.05) is 25.1 Å². The van der Waals surface area contributed by atoms with Crippen LogP contribution in [0.3, 0.4) is 0 Å². The maximum atomic E-state index is 11.4. The molecule has 24 heavy (non-hydrogen) atoms. The van der Waals surface area contributed by atoms with Gasteiger partial charge in [0.15, 0.2) is 11.5 Å². The smallest absolute Gasteiger partial charge is 0.243 e. The van der Waals surface area contributed by atoms with Gasteiger partial charge >= 0.3 is 0 Å². The summed E-state index contributed by atoms with van der Waals surface area (Å²) in [5, 5.41) is 3.43. The fourth-order valence-electron chi connectivity index (χ4n) is 2.52. The summed E-state index contributed by atoms with van der Waals surface area (Å²) in [4.78, 5) is 15.7. The molecule has 1 amide bonds. The lowest BCUT2D eigenvalue weighted by Crippen LogP contribution is -2.42. The number of para-hydroxylation sites is 1. The number of halogens is 1. The summed E-state index contributed by atoms with van der Waals surface area (Å²) in [6, 6.07) is 9.04. The first-order valence-electron chi connectivity index (χ1n) is 7.55. The second kappa shape index (κ2) is 6.93. The molecule has 1 aromatic carbocycles. The molecule has 6 heteroatoms. The Morgan fingerprint density at radius 1 is 1.46 bits per heavy atom. The van der Waals surface area contributed by atoms with Crippen molar-refractivity contribution in [1.82, 2.24) is 10.3 Å². The summed E-state index contributed by atoms with van der Waals surface area (Å²) in [6.07, 6.45) is 1.92. The summed E-state index contributed by atoms with van der Waals surface area (Å²) in [6.45, 7) is 5.65. The largest absolute Gasteiger partial charge is 0.487 e. The Balaban J connectivity index is 1.80. The van der Waals surface area contributed by atoms with Crippen LogP contribution >= 0.6 is 11.6 Å². The molecule has 0 spiro atoms. The van der Waals surface area contributed by atoms with Gasteiger partial charge in [0, 0.05) is 11.6 Å². The molecule has 0 fully saturated rings. The van der Waals surface area contributed by atoms with E-state index in [-0.39, 0.29) is 11.9 Å². The fraction of sp³-hybridized carbons (Fsp3) is 0.222.